The lowest BCUT2D eigenvalue weighted by Gasteiger charge is -2.17. The number of allylic oxidation sites excluding steroid dienone is 2. The standard InChI is InChI=1S/C16H20N2O3S/c1-2-17-22(20,21)14-7-5-13(6-8-14)18-16(19)15-10-11-3-4-12(15)9-11/h3-8,11-12,15,17H,2,9-10H2,1H3,(H,18,19)/t11-,12+,15-/m0/s1. The van der Waals surface area contributed by atoms with Gasteiger partial charge in [-0.2, -0.15) is 0 Å². The molecule has 0 unspecified atom stereocenters. The molecule has 22 heavy (non-hydrogen) atoms. The number of benzene rings is 1. The van der Waals surface area contributed by atoms with Crippen LogP contribution in [0.4, 0.5) is 5.69 Å². The predicted molar refractivity (Wildman–Crippen MR) is 84.8 cm³/mol. The first kappa shape index (κ1) is 15.2. The van der Waals surface area contributed by atoms with Crippen molar-refractivity contribution in [3.05, 3.63) is 36.4 Å². The number of sulfonamides is 1. The highest BCUT2D eigenvalue weighted by Gasteiger charge is 2.39. The van der Waals surface area contributed by atoms with Gasteiger partial charge >= 0.3 is 0 Å². The number of carbonyl (C=O) groups is 1. The molecule has 118 valence electrons. The molecule has 5 nitrogen and oxygen atoms in total. The summed E-state index contributed by atoms with van der Waals surface area (Å²) in [6, 6.07) is 6.28. The smallest absolute Gasteiger partial charge is 0.240 e. The average molecular weight is 320 g/mol. The first-order chi connectivity index (χ1) is 10.5. The lowest BCUT2D eigenvalue weighted by molar-refractivity contribution is -0.120. The molecule has 0 aliphatic heterocycles. The minimum Gasteiger partial charge on any atom is -0.326 e. The second kappa shape index (κ2) is 5.85. The summed E-state index contributed by atoms with van der Waals surface area (Å²) in [6.45, 7) is 2.08. The van der Waals surface area contributed by atoms with Crippen LogP contribution in [-0.4, -0.2) is 20.9 Å². The molecule has 6 heteroatoms. The Morgan fingerprint density at radius 2 is 1.91 bits per heavy atom. The summed E-state index contributed by atoms with van der Waals surface area (Å²) in [5.41, 5.74) is 0.632. The van der Waals surface area contributed by atoms with E-state index in [2.05, 4.69) is 22.2 Å². The van der Waals surface area contributed by atoms with Crippen molar-refractivity contribution in [1.82, 2.24) is 4.72 Å². The lowest BCUT2D eigenvalue weighted by atomic mass is 9.93. The molecule has 0 heterocycles. The molecule has 1 fully saturated rings. The lowest BCUT2D eigenvalue weighted by Crippen LogP contribution is -2.26. The van der Waals surface area contributed by atoms with Gasteiger partial charge in [-0.15, -0.1) is 0 Å². The maximum Gasteiger partial charge on any atom is 0.240 e. The van der Waals surface area contributed by atoms with E-state index < -0.39 is 10.0 Å². The number of nitrogens with one attached hydrogen (secondary N) is 2. The first-order valence-electron chi connectivity index (χ1n) is 7.58. The van der Waals surface area contributed by atoms with Gasteiger partial charge in [0.1, 0.15) is 0 Å². The molecule has 1 amide bonds. The molecular formula is C16H20N2O3S. The Morgan fingerprint density at radius 3 is 2.45 bits per heavy atom. The zero-order chi connectivity index (χ0) is 15.7. The zero-order valence-electron chi connectivity index (χ0n) is 12.5. The third-order valence-electron chi connectivity index (χ3n) is 4.38. The third-order valence-corrected chi connectivity index (χ3v) is 5.94. The van der Waals surface area contributed by atoms with Gasteiger partial charge in [0.05, 0.1) is 4.90 Å². The number of carbonyl (C=O) groups excluding carboxylic acids is 1. The van der Waals surface area contributed by atoms with Crippen molar-refractivity contribution in [3.8, 4) is 0 Å². The molecule has 0 radical (unpaired) electrons. The van der Waals surface area contributed by atoms with Crippen molar-refractivity contribution in [2.45, 2.75) is 24.7 Å². The highest BCUT2D eigenvalue weighted by atomic mass is 32.2. The van der Waals surface area contributed by atoms with Gasteiger partial charge in [-0.1, -0.05) is 19.1 Å². The fourth-order valence-electron chi connectivity index (χ4n) is 3.31. The fourth-order valence-corrected chi connectivity index (χ4v) is 4.35. The summed E-state index contributed by atoms with van der Waals surface area (Å²) < 4.78 is 26.1. The second-order valence-corrected chi connectivity index (χ2v) is 7.67. The Bertz CT molecular complexity index is 695. The number of rotatable bonds is 5. The summed E-state index contributed by atoms with van der Waals surface area (Å²) >= 11 is 0. The molecule has 2 aliphatic rings. The predicted octanol–water partition coefficient (Wildman–Crippen LogP) is 2.14. The van der Waals surface area contributed by atoms with E-state index in [1.807, 2.05) is 0 Å². The molecule has 2 N–H and O–H groups in total. The second-order valence-electron chi connectivity index (χ2n) is 5.90. The minimum absolute atomic E-state index is 0.0270. The van der Waals surface area contributed by atoms with E-state index in [0.717, 1.165) is 12.8 Å². The topological polar surface area (TPSA) is 75.3 Å². The minimum atomic E-state index is -3.45. The molecule has 1 saturated carbocycles. The number of amides is 1. The number of anilines is 1. The summed E-state index contributed by atoms with van der Waals surface area (Å²) in [4.78, 5) is 12.5. The summed E-state index contributed by atoms with van der Waals surface area (Å²) in [5, 5.41) is 2.89. The summed E-state index contributed by atoms with van der Waals surface area (Å²) in [7, 11) is -3.45. The molecule has 0 aromatic heterocycles. The van der Waals surface area contributed by atoms with Crippen molar-refractivity contribution >= 4 is 21.6 Å². The van der Waals surface area contributed by atoms with Gasteiger partial charge in [-0.05, 0) is 48.9 Å². The van der Waals surface area contributed by atoms with E-state index in [4.69, 9.17) is 0 Å². The third kappa shape index (κ3) is 2.94. The highest BCUT2D eigenvalue weighted by molar-refractivity contribution is 7.89. The van der Waals surface area contributed by atoms with Crippen LogP contribution in [-0.2, 0) is 14.8 Å². The van der Waals surface area contributed by atoms with Crippen molar-refractivity contribution in [2.24, 2.45) is 17.8 Å². The van der Waals surface area contributed by atoms with Gasteiger partial charge in [-0.25, -0.2) is 13.1 Å². The zero-order valence-corrected chi connectivity index (χ0v) is 13.3. The number of hydrogen-bond donors (Lipinski definition) is 2. The number of hydrogen-bond acceptors (Lipinski definition) is 3. The van der Waals surface area contributed by atoms with Gasteiger partial charge in [-0.3, -0.25) is 4.79 Å². The van der Waals surface area contributed by atoms with Crippen LogP contribution in [0.15, 0.2) is 41.3 Å². The maximum atomic E-state index is 12.3. The van der Waals surface area contributed by atoms with E-state index in [9.17, 15) is 13.2 Å². The van der Waals surface area contributed by atoms with E-state index in [0.29, 0.717) is 24.1 Å². The molecule has 2 bridgehead atoms. The van der Waals surface area contributed by atoms with E-state index >= 15 is 0 Å². The molecule has 1 aromatic rings. The normalized spacial score (nSPS) is 26.3. The van der Waals surface area contributed by atoms with Crippen molar-refractivity contribution in [3.63, 3.8) is 0 Å². The van der Waals surface area contributed by atoms with Crippen LogP contribution in [0.2, 0.25) is 0 Å². The molecule has 3 atom stereocenters. The van der Waals surface area contributed by atoms with Crippen LogP contribution in [0.1, 0.15) is 19.8 Å². The van der Waals surface area contributed by atoms with Crippen molar-refractivity contribution < 1.29 is 13.2 Å². The largest absolute Gasteiger partial charge is 0.326 e. The Balaban J connectivity index is 1.66. The summed E-state index contributed by atoms with van der Waals surface area (Å²) in [5.74, 6) is 0.978. The van der Waals surface area contributed by atoms with Crippen LogP contribution in [0.3, 0.4) is 0 Å². The van der Waals surface area contributed by atoms with Crippen molar-refractivity contribution in [1.29, 1.82) is 0 Å². The van der Waals surface area contributed by atoms with Crippen LogP contribution in [0.5, 0.6) is 0 Å². The molecule has 0 saturated heterocycles. The molecule has 0 spiro atoms. The number of fused-ring (bicyclic) bond motifs is 2. The first-order valence-corrected chi connectivity index (χ1v) is 9.07. The summed E-state index contributed by atoms with van der Waals surface area (Å²) in [6.07, 6.45) is 6.34. The Hall–Kier alpha value is -1.66. The fraction of sp³-hybridized carbons (Fsp3) is 0.438. The van der Waals surface area contributed by atoms with Crippen molar-refractivity contribution in [2.75, 3.05) is 11.9 Å². The highest BCUT2D eigenvalue weighted by Crippen LogP contribution is 2.43. The van der Waals surface area contributed by atoms with E-state index in [1.54, 1.807) is 19.1 Å². The Morgan fingerprint density at radius 1 is 1.18 bits per heavy atom. The van der Waals surface area contributed by atoms with E-state index in [-0.39, 0.29) is 16.7 Å². The van der Waals surface area contributed by atoms with Gasteiger partial charge in [0, 0.05) is 18.2 Å². The average Bonchev–Trinajstić information content (AvgIpc) is 3.10. The van der Waals surface area contributed by atoms with Gasteiger partial charge in [0.25, 0.3) is 0 Å². The van der Waals surface area contributed by atoms with E-state index in [1.165, 1.54) is 12.1 Å². The van der Waals surface area contributed by atoms with Crippen LogP contribution in [0.25, 0.3) is 0 Å². The van der Waals surface area contributed by atoms with Gasteiger partial charge in [0.15, 0.2) is 0 Å². The maximum absolute atomic E-state index is 12.3. The quantitative estimate of drug-likeness (QED) is 0.816. The van der Waals surface area contributed by atoms with Crippen LogP contribution >= 0.6 is 0 Å². The van der Waals surface area contributed by atoms with Gasteiger partial charge < -0.3 is 5.32 Å². The van der Waals surface area contributed by atoms with Gasteiger partial charge in [0.2, 0.25) is 15.9 Å². The molecule has 3 rings (SSSR count). The molecular weight excluding hydrogens is 300 g/mol. The Labute approximate surface area is 130 Å². The molecule has 2 aliphatic carbocycles. The Kier molecular flexibility index (Phi) is 4.06. The van der Waals surface area contributed by atoms with Crippen LogP contribution in [0, 0.1) is 17.8 Å². The van der Waals surface area contributed by atoms with Crippen LogP contribution < -0.4 is 10.0 Å². The monoisotopic (exact) mass is 320 g/mol. The molecule has 1 aromatic carbocycles. The SMILES string of the molecule is CCNS(=O)(=O)c1ccc(NC(=O)[C@H]2C[C@H]3C=C[C@@H]2C3)cc1.